The van der Waals surface area contributed by atoms with Crippen LogP contribution in [0.2, 0.25) is 0 Å². The summed E-state index contributed by atoms with van der Waals surface area (Å²) in [6.45, 7) is 2.88. The SMILES string of the molecule is CCOC(=O)c1c2c3c(c(Nc4cc(C)c(S(=O)(=O)O)cc4S(=O)(=O)O)ccc3n(C)c1=O)C(=O)c1ccccc1-2. The standard InChI is InChI=1S/C27H22N2O10S2/c1-4-39-27(32)24-21-14-7-5-6-8-15(14)25(30)22-16(9-10-18(23(21)22)29(3)26(24)31)28-17-11-13(2)19(40(33,34)35)12-20(17)41(36,37)38/h5-12,28H,4H2,1-3H3,(H,33,34,35)(H,36,37,38). The number of ether oxygens (including phenoxy) is 1. The van der Waals surface area contributed by atoms with Crippen molar-refractivity contribution in [1.29, 1.82) is 0 Å². The van der Waals surface area contributed by atoms with Crippen LogP contribution in [0.5, 0.6) is 0 Å². The van der Waals surface area contributed by atoms with Crippen molar-refractivity contribution in [3.63, 3.8) is 0 Å². The van der Waals surface area contributed by atoms with Gasteiger partial charge in [0.05, 0.1) is 34.0 Å². The van der Waals surface area contributed by atoms with E-state index in [1.165, 1.54) is 36.7 Å². The van der Waals surface area contributed by atoms with Gasteiger partial charge in [-0.25, -0.2) is 4.79 Å². The van der Waals surface area contributed by atoms with Gasteiger partial charge in [-0.2, -0.15) is 16.8 Å². The lowest BCUT2D eigenvalue weighted by atomic mass is 9.81. The number of carbonyl (C=O) groups is 2. The number of esters is 1. The number of hydrogen-bond acceptors (Lipinski definition) is 9. The van der Waals surface area contributed by atoms with Crippen molar-refractivity contribution in [3.05, 3.63) is 81.1 Å². The zero-order valence-corrected chi connectivity index (χ0v) is 23.4. The first-order valence-electron chi connectivity index (χ1n) is 12.0. The van der Waals surface area contributed by atoms with Gasteiger partial charge in [-0.3, -0.25) is 18.7 Å². The summed E-state index contributed by atoms with van der Waals surface area (Å²) in [6.07, 6.45) is 0. The Balaban J connectivity index is 1.89. The maximum atomic E-state index is 13.9. The van der Waals surface area contributed by atoms with Gasteiger partial charge in [0.15, 0.2) is 5.78 Å². The van der Waals surface area contributed by atoms with Crippen LogP contribution in [-0.4, -0.2) is 48.9 Å². The molecular weight excluding hydrogens is 576 g/mol. The molecule has 0 saturated heterocycles. The first-order valence-corrected chi connectivity index (χ1v) is 14.9. The number of nitrogens with one attached hydrogen (secondary N) is 1. The lowest BCUT2D eigenvalue weighted by Crippen LogP contribution is -2.29. The molecule has 3 aromatic carbocycles. The van der Waals surface area contributed by atoms with Crippen LogP contribution in [-0.2, 0) is 32.0 Å². The van der Waals surface area contributed by atoms with Crippen LogP contribution < -0.4 is 10.9 Å². The van der Waals surface area contributed by atoms with E-state index in [1.807, 2.05) is 0 Å². The zero-order valence-electron chi connectivity index (χ0n) is 21.8. The Morgan fingerprint density at radius 1 is 0.902 bits per heavy atom. The number of anilines is 2. The fourth-order valence-corrected chi connectivity index (χ4v) is 6.53. The molecule has 41 heavy (non-hydrogen) atoms. The van der Waals surface area contributed by atoms with E-state index < -0.39 is 47.3 Å². The maximum absolute atomic E-state index is 13.9. The highest BCUT2D eigenvalue weighted by molar-refractivity contribution is 7.86. The van der Waals surface area contributed by atoms with Crippen LogP contribution in [0.1, 0.15) is 38.8 Å². The van der Waals surface area contributed by atoms with E-state index in [-0.39, 0.29) is 51.2 Å². The summed E-state index contributed by atoms with van der Waals surface area (Å²) in [6, 6.07) is 11.0. The van der Waals surface area contributed by atoms with Gasteiger partial charge >= 0.3 is 5.97 Å². The third-order valence-corrected chi connectivity index (χ3v) is 8.70. The molecule has 5 rings (SSSR count). The Bertz CT molecular complexity index is 2110. The second-order valence-corrected chi connectivity index (χ2v) is 12.1. The number of ketones is 1. The molecule has 0 saturated carbocycles. The summed E-state index contributed by atoms with van der Waals surface area (Å²) in [4.78, 5) is 38.7. The number of hydrogen-bond donors (Lipinski definition) is 3. The number of rotatable bonds is 6. The molecule has 12 nitrogen and oxygen atoms in total. The van der Waals surface area contributed by atoms with E-state index in [0.717, 1.165) is 6.07 Å². The molecule has 14 heteroatoms. The third-order valence-electron chi connectivity index (χ3n) is 6.81. The van der Waals surface area contributed by atoms with Gasteiger partial charge in [-0.05, 0) is 49.2 Å². The largest absolute Gasteiger partial charge is 0.462 e. The van der Waals surface area contributed by atoms with Crippen molar-refractivity contribution in [2.24, 2.45) is 7.05 Å². The molecule has 4 aromatic rings. The molecule has 0 atom stereocenters. The average Bonchev–Trinajstić information content (AvgIpc) is 2.88. The number of pyridine rings is 1. The second-order valence-electron chi connectivity index (χ2n) is 9.28. The summed E-state index contributed by atoms with van der Waals surface area (Å²) in [5, 5.41) is 3.03. The topological polar surface area (TPSA) is 186 Å². The van der Waals surface area contributed by atoms with E-state index in [1.54, 1.807) is 25.1 Å². The molecule has 1 heterocycles. The second kappa shape index (κ2) is 9.62. The summed E-state index contributed by atoms with van der Waals surface area (Å²) < 4.78 is 73.9. The molecule has 0 spiro atoms. The van der Waals surface area contributed by atoms with Crippen LogP contribution in [0.3, 0.4) is 0 Å². The Hall–Kier alpha value is -4.37. The molecule has 0 amide bonds. The highest BCUT2D eigenvalue weighted by atomic mass is 32.2. The molecule has 212 valence electrons. The smallest absolute Gasteiger partial charge is 0.344 e. The van der Waals surface area contributed by atoms with Crippen molar-refractivity contribution in [3.8, 4) is 11.1 Å². The summed E-state index contributed by atoms with van der Waals surface area (Å²) in [7, 11) is -8.45. The van der Waals surface area contributed by atoms with E-state index in [9.17, 15) is 40.3 Å². The zero-order chi connectivity index (χ0) is 30.0. The Morgan fingerprint density at radius 3 is 2.15 bits per heavy atom. The lowest BCUT2D eigenvalue weighted by molar-refractivity contribution is 0.0524. The van der Waals surface area contributed by atoms with E-state index in [2.05, 4.69) is 5.32 Å². The summed E-state index contributed by atoms with van der Waals surface area (Å²) in [5.41, 5.74) is -0.276. The number of aryl methyl sites for hydroxylation is 2. The van der Waals surface area contributed by atoms with E-state index in [4.69, 9.17) is 4.74 Å². The van der Waals surface area contributed by atoms with Crippen LogP contribution in [0.25, 0.3) is 22.0 Å². The van der Waals surface area contributed by atoms with Gasteiger partial charge in [0.2, 0.25) is 0 Å². The van der Waals surface area contributed by atoms with E-state index >= 15 is 0 Å². The van der Waals surface area contributed by atoms with Crippen molar-refractivity contribution in [1.82, 2.24) is 4.57 Å². The van der Waals surface area contributed by atoms with Gasteiger partial charge < -0.3 is 14.6 Å². The normalized spacial score (nSPS) is 12.8. The molecule has 1 aliphatic carbocycles. The predicted octanol–water partition coefficient (Wildman–Crippen LogP) is 3.47. The molecule has 0 aliphatic heterocycles. The number of carbonyl (C=O) groups excluding carboxylic acids is 2. The molecule has 1 aliphatic rings. The Labute approximate surface area is 233 Å². The van der Waals surface area contributed by atoms with Crippen LogP contribution in [0.4, 0.5) is 11.4 Å². The molecule has 3 N–H and O–H groups in total. The van der Waals surface area contributed by atoms with Gasteiger partial charge in [-0.1, -0.05) is 24.3 Å². The van der Waals surface area contributed by atoms with Crippen molar-refractivity contribution in [2.45, 2.75) is 23.6 Å². The number of benzene rings is 3. The van der Waals surface area contributed by atoms with Crippen molar-refractivity contribution in [2.75, 3.05) is 11.9 Å². The minimum atomic E-state index is -5.04. The Morgan fingerprint density at radius 2 is 1.54 bits per heavy atom. The molecule has 0 bridgehead atoms. The highest BCUT2D eigenvalue weighted by Crippen LogP contribution is 2.44. The minimum Gasteiger partial charge on any atom is -0.462 e. The van der Waals surface area contributed by atoms with Crippen LogP contribution >= 0.6 is 0 Å². The first-order chi connectivity index (χ1) is 19.2. The summed E-state index contributed by atoms with van der Waals surface area (Å²) in [5.74, 6) is -1.39. The third kappa shape index (κ3) is 4.50. The number of nitrogens with zero attached hydrogens (tertiary/aromatic N) is 1. The summed E-state index contributed by atoms with van der Waals surface area (Å²) >= 11 is 0. The maximum Gasteiger partial charge on any atom is 0.344 e. The molecule has 1 aromatic heterocycles. The average molecular weight is 599 g/mol. The molecular formula is C27H22N2O10S2. The lowest BCUT2D eigenvalue weighted by Gasteiger charge is -2.25. The van der Waals surface area contributed by atoms with E-state index in [0.29, 0.717) is 17.1 Å². The Kier molecular flexibility index (Phi) is 6.61. The van der Waals surface area contributed by atoms with Gasteiger partial charge in [0, 0.05) is 23.6 Å². The van der Waals surface area contributed by atoms with Crippen molar-refractivity contribution < 1.29 is 40.3 Å². The quantitative estimate of drug-likeness (QED) is 0.192. The molecule has 0 radical (unpaired) electrons. The first kappa shape index (κ1) is 28.2. The number of fused-ring (bicyclic) bond motifs is 2. The van der Waals surface area contributed by atoms with Crippen molar-refractivity contribution >= 4 is 54.3 Å². The van der Waals surface area contributed by atoms with Gasteiger partial charge in [0.1, 0.15) is 10.5 Å². The monoisotopic (exact) mass is 598 g/mol. The molecule has 0 fully saturated rings. The fraction of sp³-hybridized carbons (Fsp3) is 0.148. The predicted molar refractivity (Wildman–Crippen MR) is 148 cm³/mol. The van der Waals surface area contributed by atoms with Gasteiger partial charge in [0.25, 0.3) is 25.8 Å². The van der Waals surface area contributed by atoms with Crippen LogP contribution in [0, 0.1) is 6.92 Å². The molecule has 0 unspecified atom stereocenters. The minimum absolute atomic E-state index is 0.00449. The highest BCUT2D eigenvalue weighted by Gasteiger charge is 2.34. The van der Waals surface area contributed by atoms with Gasteiger partial charge in [-0.15, -0.1) is 0 Å². The van der Waals surface area contributed by atoms with Crippen LogP contribution in [0.15, 0.2) is 63.1 Å². The number of aromatic nitrogens is 1. The fourth-order valence-electron chi connectivity index (χ4n) is 5.07.